The molecule has 78 valence electrons. The third-order valence-electron chi connectivity index (χ3n) is 2.50. The van der Waals surface area contributed by atoms with Gasteiger partial charge in [-0.2, -0.15) is 0 Å². The smallest absolute Gasteiger partial charge is 0.130 e. The number of hydrogen-bond donors (Lipinski definition) is 2. The second-order valence-corrected chi connectivity index (χ2v) is 3.36. The van der Waals surface area contributed by atoms with E-state index in [0.717, 1.165) is 19.5 Å². The predicted octanol–water partition coefficient (Wildman–Crippen LogP) is 2.03. The van der Waals surface area contributed by atoms with E-state index in [1.807, 2.05) is 0 Å². The van der Waals surface area contributed by atoms with Gasteiger partial charge in [-0.1, -0.05) is 6.07 Å². The second-order valence-electron chi connectivity index (χ2n) is 3.36. The number of phenols is 1. The Morgan fingerprint density at radius 3 is 2.79 bits per heavy atom. The maximum Gasteiger partial charge on any atom is 0.130 e. The van der Waals surface area contributed by atoms with Gasteiger partial charge in [0.2, 0.25) is 0 Å². The first-order valence-corrected chi connectivity index (χ1v) is 4.47. The van der Waals surface area contributed by atoms with Gasteiger partial charge in [-0.05, 0) is 25.1 Å². The van der Waals surface area contributed by atoms with Crippen molar-refractivity contribution in [2.45, 2.75) is 12.3 Å². The first-order valence-electron chi connectivity index (χ1n) is 4.47. The third-order valence-corrected chi connectivity index (χ3v) is 2.50. The Morgan fingerprint density at radius 2 is 2.21 bits per heavy atom. The molecule has 1 heterocycles. The lowest BCUT2D eigenvalue weighted by molar-refractivity contribution is 0.451. The van der Waals surface area contributed by atoms with E-state index in [1.165, 1.54) is 18.2 Å². The van der Waals surface area contributed by atoms with Crippen LogP contribution in [0, 0.1) is 5.82 Å². The van der Waals surface area contributed by atoms with E-state index < -0.39 is 0 Å². The number of halogens is 2. The van der Waals surface area contributed by atoms with Crippen LogP contribution in [0.15, 0.2) is 18.2 Å². The lowest BCUT2D eigenvalue weighted by Gasteiger charge is -2.11. The number of phenolic OH excluding ortho intramolecular Hbond substituents is 1. The fraction of sp³-hybridized carbons (Fsp3) is 0.400. The van der Waals surface area contributed by atoms with E-state index in [-0.39, 0.29) is 29.9 Å². The van der Waals surface area contributed by atoms with Crippen molar-refractivity contribution in [1.29, 1.82) is 0 Å². The van der Waals surface area contributed by atoms with Gasteiger partial charge in [-0.15, -0.1) is 12.4 Å². The van der Waals surface area contributed by atoms with Gasteiger partial charge in [0.05, 0.1) is 0 Å². The molecule has 1 aromatic carbocycles. The zero-order valence-corrected chi connectivity index (χ0v) is 8.48. The molecule has 1 aromatic rings. The average molecular weight is 218 g/mol. The molecule has 4 heteroatoms. The third kappa shape index (κ3) is 1.99. The molecule has 0 amide bonds. The van der Waals surface area contributed by atoms with Crippen molar-refractivity contribution < 1.29 is 9.50 Å². The van der Waals surface area contributed by atoms with Crippen molar-refractivity contribution in [2.24, 2.45) is 0 Å². The van der Waals surface area contributed by atoms with Crippen molar-refractivity contribution >= 4 is 12.4 Å². The van der Waals surface area contributed by atoms with Crippen LogP contribution in [0.3, 0.4) is 0 Å². The lowest BCUT2D eigenvalue weighted by Crippen LogP contribution is -2.09. The van der Waals surface area contributed by atoms with Crippen molar-refractivity contribution in [3.8, 4) is 5.75 Å². The van der Waals surface area contributed by atoms with Crippen molar-refractivity contribution in [3.63, 3.8) is 0 Å². The SMILES string of the molecule is Cl.Oc1cccc(F)c1C1CCNC1. The van der Waals surface area contributed by atoms with Crippen LogP contribution in [0.5, 0.6) is 5.75 Å². The molecule has 2 nitrogen and oxygen atoms in total. The molecule has 0 saturated carbocycles. The minimum absolute atomic E-state index is 0. The standard InChI is InChI=1S/C10H12FNO.ClH/c11-8-2-1-3-9(13)10(8)7-4-5-12-6-7;/h1-3,7,12-13H,4-6H2;1H. The van der Waals surface area contributed by atoms with Crippen LogP contribution in [0.4, 0.5) is 4.39 Å². The largest absolute Gasteiger partial charge is 0.508 e. The average Bonchev–Trinajstić information content (AvgIpc) is 2.57. The van der Waals surface area contributed by atoms with E-state index in [9.17, 15) is 9.50 Å². The zero-order valence-electron chi connectivity index (χ0n) is 7.66. The molecule has 0 radical (unpaired) electrons. The van der Waals surface area contributed by atoms with Gasteiger partial charge < -0.3 is 10.4 Å². The Hall–Kier alpha value is -0.800. The topological polar surface area (TPSA) is 32.3 Å². The second kappa shape index (κ2) is 4.62. The summed E-state index contributed by atoms with van der Waals surface area (Å²) < 4.78 is 13.3. The molecule has 1 aliphatic heterocycles. The van der Waals surface area contributed by atoms with E-state index in [1.54, 1.807) is 0 Å². The van der Waals surface area contributed by atoms with Gasteiger partial charge in [0.15, 0.2) is 0 Å². The van der Waals surface area contributed by atoms with Crippen molar-refractivity contribution in [1.82, 2.24) is 5.32 Å². The summed E-state index contributed by atoms with van der Waals surface area (Å²) in [6.07, 6.45) is 0.897. The van der Waals surface area contributed by atoms with E-state index in [0.29, 0.717) is 5.56 Å². The number of hydrogen-bond acceptors (Lipinski definition) is 2. The number of benzene rings is 1. The summed E-state index contributed by atoms with van der Waals surface area (Å²) in [7, 11) is 0. The highest BCUT2D eigenvalue weighted by atomic mass is 35.5. The molecule has 1 aliphatic rings. The van der Waals surface area contributed by atoms with Crippen LogP contribution in [0.2, 0.25) is 0 Å². The van der Waals surface area contributed by atoms with Gasteiger partial charge >= 0.3 is 0 Å². The zero-order chi connectivity index (χ0) is 9.26. The highest BCUT2D eigenvalue weighted by molar-refractivity contribution is 5.85. The Balaban J connectivity index is 0.000000980. The molecule has 1 unspecified atom stereocenters. The van der Waals surface area contributed by atoms with Crippen LogP contribution in [0.1, 0.15) is 17.9 Å². The molecule has 14 heavy (non-hydrogen) atoms. The van der Waals surface area contributed by atoms with E-state index >= 15 is 0 Å². The van der Waals surface area contributed by atoms with Gasteiger partial charge in [0, 0.05) is 18.0 Å². The van der Waals surface area contributed by atoms with E-state index in [4.69, 9.17) is 0 Å². The highest BCUT2D eigenvalue weighted by Gasteiger charge is 2.22. The minimum atomic E-state index is -0.297. The maximum absolute atomic E-state index is 13.3. The van der Waals surface area contributed by atoms with E-state index in [2.05, 4.69) is 5.32 Å². The summed E-state index contributed by atoms with van der Waals surface area (Å²) >= 11 is 0. The number of nitrogens with one attached hydrogen (secondary N) is 1. The minimum Gasteiger partial charge on any atom is -0.508 e. The normalized spacial score (nSPS) is 20.5. The Labute approximate surface area is 88.5 Å². The predicted molar refractivity (Wildman–Crippen MR) is 55.5 cm³/mol. The fourth-order valence-electron chi connectivity index (χ4n) is 1.83. The molecule has 2 rings (SSSR count). The van der Waals surface area contributed by atoms with Crippen molar-refractivity contribution in [2.75, 3.05) is 13.1 Å². The van der Waals surface area contributed by atoms with Crippen LogP contribution in [-0.4, -0.2) is 18.2 Å². The highest BCUT2D eigenvalue weighted by Crippen LogP contribution is 2.31. The quantitative estimate of drug-likeness (QED) is 0.755. The van der Waals surface area contributed by atoms with Crippen LogP contribution in [-0.2, 0) is 0 Å². The molecule has 2 N–H and O–H groups in total. The molecule has 1 saturated heterocycles. The summed E-state index contributed by atoms with van der Waals surface area (Å²) in [4.78, 5) is 0. The molecule has 1 atom stereocenters. The molecular formula is C10H13ClFNO. The fourth-order valence-corrected chi connectivity index (χ4v) is 1.83. The first kappa shape index (κ1) is 11.3. The Morgan fingerprint density at radius 1 is 1.43 bits per heavy atom. The maximum atomic E-state index is 13.3. The molecule has 0 aromatic heterocycles. The Kier molecular flexibility index (Phi) is 3.72. The summed E-state index contributed by atoms with van der Waals surface area (Å²) in [5, 5.41) is 12.6. The molecule has 0 bridgehead atoms. The summed E-state index contributed by atoms with van der Waals surface area (Å²) in [5.74, 6) is -0.0939. The summed E-state index contributed by atoms with van der Waals surface area (Å²) in [5.41, 5.74) is 0.465. The lowest BCUT2D eigenvalue weighted by atomic mass is 9.97. The number of rotatable bonds is 1. The number of aromatic hydroxyl groups is 1. The molecule has 1 fully saturated rings. The van der Waals surface area contributed by atoms with Gasteiger partial charge in [-0.3, -0.25) is 0 Å². The van der Waals surface area contributed by atoms with Crippen LogP contribution < -0.4 is 5.32 Å². The monoisotopic (exact) mass is 217 g/mol. The molecule has 0 spiro atoms. The summed E-state index contributed by atoms with van der Waals surface area (Å²) in [6.45, 7) is 1.66. The molecule has 0 aliphatic carbocycles. The van der Waals surface area contributed by atoms with Gasteiger partial charge in [0.1, 0.15) is 11.6 Å². The first-order chi connectivity index (χ1) is 6.29. The van der Waals surface area contributed by atoms with Crippen molar-refractivity contribution in [3.05, 3.63) is 29.6 Å². The Bertz CT molecular complexity index is 293. The van der Waals surface area contributed by atoms with Crippen LogP contribution >= 0.6 is 12.4 Å². The van der Waals surface area contributed by atoms with Crippen LogP contribution in [0.25, 0.3) is 0 Å². The summed E-state index contributed by atoms with van der Waals surface area (Å²) in [6, 6.07) is 4.46. The van der Waals surface area contributed by atoms with Gasteiger partial charge in [0.25, 0.3) is 0 Å². The molecular weight excluding hydrogens is 205 g/mol. The van der Waals surface area contributed by atoms with Gasteiger partial charge in [-0.25, -0.2) is 4.39 Å².